The number of piperidine rings is 2. The zero-order valence-electron chi connectivity index (χ0n) is 11.7. The molecule has 20 heavy (non-hydrogen) atoms. The maximum atomic E-state index is 8.93. The number of benzene rings is 1. The first kappa shape index (κ1) is 13.7. The fourth-order valence-electron chi connectivity index (χ4n) is 3.63. The van der Waals surface area contributed by atoms with Gasteiger partial charge in [0.05, 0.1) is 22.3 Å². The van der Waals surface area contributed by atoms with Gasteiger partial charge in [-0.1, -0.05) is 11.6 Å². The smallest absolute Gasteiger partial charge is 0.0992 e. The number of hydrogen-bond acceptors (Lipinski definition) is 3. The molecule has 2 heterocycles. The Labute approximate surface area is 125 Å². The SMILES string of the molecule is N#Cc1ccc(N2CCCC3(CCCNC3)C2)c(Cl)c1. The molecule has 1 aromatic carbocycles. The van der Waals surface area contributed by atoms with Gasteiger partial charge in [-0.05, 0) is 50.4 Å². The molecule has 1 aromatic rings. The number of hydrogen-bond donors (Lipinski definition) is 1. The fourth-order valence-corrected chi connectivity index (χ4v) is 3.93. The van der Waals surface area contributed by atoms with Crippen molar-refractivity contribution in [2.75, 3.05) is 31.1 Å². The predicted octanol–water partition coefficient (Wildman–Crippen LogP) is 3.18. The maximum absolute atomic E-state index is 8.93. The normalized spacial score (nSPS) is 26.5. The van der Waals surface area contributed by atoms with E-state index in [1.165, 1.54) is 25.7 Å². The third kappa shape index (κ3) is 2.63. The second-order valence-electron chi connectivity index (χ2n) is 6.08. The summed E-state index contributed by atoms with van der Waals surface area (Å²) in [7, 11) is 0. The quantitative estimate of drug-likeness (QED) is 0.863. The highest BCUT2D eigenvalue weighted by Gasteiger charge is 2.36. The summed E-state index contributed by atoms with van der Waals surface area (Å²) < 4.78 is 0. The van der Waals surface area contributed by atoms with E-state index in [9.17, 15) is 0 Å². The standard InChI is InChI=1S/C16H20ClN3/c17-14-9-13(10-18)3-4-15(14)20-8-2-6-16(12-20)5-1-7-19-11-16/h3-4,9,19H,1-2,5-8,11-12H2. The van der Waals surface area contributed by atoms with Crippen LogP contribution in [0.5, 0.6) is 0 Å². The molecule has 1 atom stereocenters. The molecule has 2 fully saturated rings. The Morgan fingerprint density at radius 1 is 1.30 bits per heavy atom. The Morgan fingerprint density at radius 2 is 2.15 bits per heavy atom. The second-order valence-corrected chi connectivity index (χ2v) is 6.49. The lowest BCUT2D eigenvalue weighted by Crippen LogP contribution is -2.51. The molecule has 0 amide bonds. The van der Waals surface area contributed by atoms with E-state index >= 15 is 0 Å². The molecule has 3 rings (SSSR count). The molecule has 4 heteroatoms. The Morgan fingerprint density at radius 3 is 2.85 bits per heavy atom. The van der Waals surface area contributed by atoms with E-state index in [0.29, 0.717) is 16.0 Å². The van der Waals surface area contributed by atoms with E-state index < -0.39 is 0 Å². The average molecular weight is 290 g/mol. The van der Waals surface area contributed by atoms with Crippen molar-refractivity contribution in [1.82, 2.24) is 5.32 Å². The van der Waals surface area contributed by atoms with Crippen molar-refractivity contribution in [1.29, 1.82) is 5.26 Å². The zero-order valence-corrected chi connectivity index (χ0v) is 12.4. The van der Waals surface area contributed by atoms with Crippen molar-refractivity contribution in [3.63, 3.8) is 0 Å². The van der Waals surface area contributed by atoms with Crippen molar-refractivity contribution in [2.24, 2.45) is 5.41 Å². The molecule has 0 aliphatic carbocycles. The van der Waals surface area contributed by atoms with Gasteiger partial charge >= 0.3 is 0 Å². The van der Waals surface area contributed by atoms with Gasteiger partial charge in [0.2, 0.25) is 0 Å². The number of anilines is 1. The van der Waals surface area contributed by atoms with Crippen LogP contribution in [-0.2, 0) is 0 Å². The van der Waals surface area contributed by atoms with Gasteiger partial charge in [-0.3, -0.25) is 0 Å². The van der Waals surface area contributed by atoms with Crippen LogP contribution in [0.2, 0.25) is 5.02 Å². The summed E-state index contributed by atoms with van der Waals surface area (Å²) in [6, 6.07) is 7.78. The van der Waals surface area contributed by atoms with Gasteiger partial charge in [-0.25, -0.2) is 0 Å². The van der Waals surface area contributed by atoms with Gasteiger partial charge in [0.1, 0.15) is 0 Å². The third-order valence-electron chi connectivity index (χ3n) is 4.64. The minimum Gasteiger partial charge on any atom is -0.370 e. The molecule has 2 saturated heterocycles. The van der Waals surface area contributed by atoms with Gasteiger partial charge in [-0.15, -0.1) is 0 Å². The van der Waals surface area contributed by atoms with Crippen molar-refractivity contribution in [2.45, 2.75) is 25.7 Å². The Hall–Kier alpha value is -1.24. The molecule has 1 spiro atoms. The highest BCUT2D eigenvalue weighted by Crippen LogP contribution is 2.39. The summed E-state index contributed by atoms with van der Waals surface area (Å²) in [5.41, 5.74) is 2.12. The Bertz CT molecular complexity index is 524. The third-order valence-corrected chi connectivity index (χ3v) is 4.94. The van der Waals surface area contributed by atoms with Crippen LogP contribution in [0.25, 0.3) is 0 Å². The van der Waals surface area contributed by atoms with Crippen LogP contribution in [0.15, 0.2) is 18.2 Å². The molecule has 0 bridgehead atoms. The van der Waals surface area contributed by atoms with Crippen LogP contribution in [-0.4, -0.2) is 26.2 Å². The molecule has 0 saturated carbocycles. The fraction of sp³-hybridized carbons (Fsp3) is 0.562. The van der Waals surface area contributed by atoms with Crippen LogP contribution < -0.4 is 10.2 Å². The molecule has 0 aromatic heterocycles. The largest absolute Gasteiger partial charge is 0.370 e. The minimum absolute atomic E-state index is 0.410. The lowest BCUT2D eigenvalue weighted by Gasteiger charge is -2.46. The monoisotopic (exact) mass is 289 g/mol. The summed E-state index contributed by atoms with van der Waals surface area (Å²) in [4.78, 5) is 2.40. The van der Waals surface area contributed by atoms with Crippen molar-refractivity contribution >= 4 is 17.3 Å². The van der Waals surface area contributed by atoms with E-state index in [-0.39, 0.29) is 0 Å². The highest BCUT2D eigenvalue weighted by molar-refractivity contribution is 6.33. The van der Waals surface area contributed by atoms with Crippen LogP contribution in [0, 0.1) is 16.7 Å². The minimum atomic E-state index is 0.410. The molecule has 2 aliphatic heterocycles. The first-order chi connectivity index (χ1) is 9.72. The summed E-state index contributed by atoms with van der Waals surface area (Å²) in [5.74, 6) is 0. The van der Waals surface area contributed by atoms with Crippen molar-refractivity contribution in [3.8, 4) is 6.07 Å². The summed E-state index contributed by atoms with van der Waals surface area (Å²) >= 11 is 6.36. The molecule has 3 nitrogen and oxygen atoms in total. The van der Waals surface area contributed by atoms with Crippen LogP contribution in [0.4, 0.5) is 5.69 Å². The molecule has 2 aliphatic rings. The molecule has 0 radical (unpaired) electrons. The number of nitrogens with one attached hydrogen (secondary N) is 1. The molecule has 1 N–H and O–H groups in total. The topological polar surface area (TPSA) is 39.1 Å². The number of nitrogens with zero attached hydrogens (tertiary/aromatic N) is 2. The van der Waals surface area contributed by atoms with E-state index in [2.05, 4.69) is 16.3 Å². The summed E-state index contributed by atoms with van der Waals surface area (Å²) in [6.45, 7) is 4.41. The van der Waals surface area contributed by atoms with E-state index in [1.807, 2.05) is 12.1 Å². The van der Waals surface area contributed by atoms with Crippen LogP contribution >= 0.6 is 11.6 Å². The van der Waals surface area contributed by atoms with Crippen LogP contribution in [0.1, 0.15) is 31.2 Å². The first-order valence-corrected chi connectivity index (χ1v) is 7.76. The zero-order chi connectivity index (χ0) is 14.0. The van der Waals surface area contributed by atoms with Gasteiger partial charge < -0.3 is 10.2 Å². The predicted molar refractivity (Wildman–Crippen MR) is 82.2 cm³/mol. The maximum Gasteiger partial charge on any atom is 0.0992 e. The average Bonchev–Trinajstić information content (AvgIpc) is 2.48. The number of halogens is 1. The lowest BCUT2D eigenvalue weighted by molar-refractivity contribution is 0.173. The summed E-state index contributed by atoms with van der Waals surface area (Å²) in [5, 5.41) is 13.2. The molecular formula is C16H20ClN3. The summed E-state index contributed by atoms with van der Waals surface area (Å²) in [6.07, 6.45) is 5.11. The van der Waals surface area contributed by atoms with E-state index in [0.717, 1.165) is 31.9 Å². The highest BCUT2D eigenvalue weighted by atomic mass is 35.5. The number of nitriles is 1. The molecular weight excluding hydrogens is 270 g/mol. The van der Waals surface area contributed by atoms with Gasteiger partial charge in [0, 0.05) is 25.0 Å². The molecule has 1 unspecified atom stereocenters. The second kappa shape index (κ2) is 5.63. The lowest BCUT2D eigenvalue weighted by atomic mass is 9.74. The van der Waals surface area contributed by atoms with Gasteiger partial charge in [0.15, 0.2) is 0 Å². The van der Waals surface area contributed by atoms with E-state index in [1.54, 1.807) is 6.07 Å². The number of rotatable bonds is 1. The van der Waals surface area contributed by atoms with Gasteiger partial charge in [0.25, 0.3) is 0 Å². The van der Waals surface area contributed by atoms with Crippen molar-refractivity contribution < 1.29 is 0 Å². The Balaban J connectivity index is 1.81. The first-order valence-electron chi connectivity index (χ1n) is 7.38. The Kier molecular flexibility index (Phi) is 3.87. The van der Waals surface area contributed by atoms with Gasteiger partial charge in [-0.2, -0.15) is 5.26 Å². The van der Waals surface area contributed by atoms with E-state index in [4.69, 9.17) is 16.9 Å². The molecule has 106 valence electrons. The van der Waals surface area contributed by atoms with Crippen molar-refractivity contribution in [3.05, 3.63) is 28.8 Å². The van der Waals surface area contributed by atoms with Crippen LogP contribution in [0.3, 0.4) is 0 Å².